The number of hydrazone groups is 1. The molecular formula is C27H30BN5O. The molecule has 3 aromatic rings. The molecule has 1 aromatic heterocycles. The predicted molar refractivity (Wildman–Crippen MR) is 137 cm³/mol. The summed E-state index contributed by atoms with van der Waals surface area (Å²) >= 11 is 0. The van der Waals surface area contributed by atoms with Crippen molar-refractivity contribution in [1.82, 2.24) is 15.2 Å². The number of hydrogen-bond donors (Lipinski definition) is 3. The Morgan fingerprint density at radius 1 is 1.00 bits per heavy atom. The topological polar surface area (TPSA) is 72.8 Å². The fraction of sp³-hybridized carbons (Fsp3) is 0.333. The lowest BCUT2D eigenvalue weighted by atomic mass is 9.65. The van der Waals surface area contributed by atoms with Gasteiger partial charge in [-0.05, 0) is 37.3 Å². The molecule has 0 spiro atoms. The molecule has 0 amide bonds. The first kappa shape index (κ1) is 21.4. The van der Waals surface area contributed by atoms with Gasteiger partial charge in [0.05, 0.1) is 5.71 Å². The maximum Gasteiger partial charge on any atom is 0.465 e. The Hall–Kier alpha value is -3.16. The molecule has 0 bridgehead atoms. The SMILES string of the molecule is CC1Cc2c(ncc3c2C([C@H]2C[C@@H](N(Cc4ccccc4)Cc4ccccc4)C2)=NNB3O)N1. The van der Waals surface area contributed by atoms with Gasteiger partial charge in [-0.1, -0.05) is 60.7 Å². The largest absolute Gasteiger partial charge is 0.465 e. The van der Waals surface area contributed by atoms with Gasteiger partial charge in [0.2, 0.25) is 0 Å². The summed E-state index contributed by atoms with van der Waals surface area (Å²) in [4.78, 5) is 7.18. The third-order valence-corrected chi connectivity index (χ3v) is 7.43. The van der Waals surface area contributed by atoms with E-state index in [1.165, 1.54) is 16.7 Å². The normalized spacial score (nSPS) is 22.9. The molecule has 1 aliphatic carbocycles. The fourth-order valence-electron chi connectivity index (χ4n) is 5.60. The third kappa shape index (κ3) is 3.99. The quantitative estimate of drug-likeness (QED) is 0.503. The lowest BCUT2D eigenvalue weighted by molar-refractivity contribution is 0.0898. The highest BCUT2D eigenvalue weighted by molar-refractivity contribution is 6.66. The summed E-state index contributed by atoms with van der Waals surface area (Å²) in [6.45, 7) is 4.05. The van der Waals surface area contributed by atoms with Crippen molar-refractivity contribution < 1.29 is 5.02 Å². The second-order valence-corrected chi connectivity index (χ2v) is 9.89. The molecule has 0 radical (unpaired) electrons. The van der Waals surface area contributed by atoms with Crippen LogP contribution in [0.2, 0.25) is 0 Å². The molecule has 3 aliphatic rings. The number of nitrogens with zero attached hydrogens (tertiary/aromatic N) is 3. The first-order valence-electron chi connectivity index (χ1n) is 12.3. The van der Waals surface area contributed by atoms with Crippen molar-refractivity contribution in [2.45, 2.75) is 51.4 Å². The van der Waals surface area contributed by atoms with Crippen molar-refractivity contribution in [3.05, 3.63) is 89.1 Å². The Balaban J connectivity index is 1.24. The van der Waals surface area contributed by atoms with Crippen LogP contribution >= 0.6 is 0 Å². The van der Waals surface area contributed by atoms with Crippen LogP contribution < -0.4 is 16.1 Å². The zero-order valence-corrected chi connectivity index (χ0v) is 19.5. The fourth-order valence-corrected chi connectivity index (χ4v) is 5.60. The number of hydrogen-bond acceptors (Lipinski definition) is 6. The van der Waals surface area contributed by atoms with Gasteiger partial charge < -0.3 is 15.7 Å². The summed E-state index contributed by atoms with van der Waals surface area (Å²) in [5.74, 6) is 1.32. The van der Waals surface area contributed by atoms with E-state index in [2.05, 4.69) is 93.2 Å². The highest BCUT2D eigenvalue weighted by atomic mass is 16.2. The van der Waals surface area contributed by atoms with E-state index in [-0.39, 0.29) is 0 Å². The van der Waals surface area contributed by atoms with Crippen molar-refractivity contribution in [1.29, 1.82) is 0 Å². The number of nitrogens with one attached hydrogen (secondary N) is 2. The molecule has 0 saturated heterocycles. The Labute approximate surface area is 201 Å². The van der Waals surface area contributed by atoms with Gasteiger partial charge in [0.15, 0.2) is 0 Å². The maximum atomic E-state index is 10.5. The van der Waals surface area contributed by atoms with Crippen molar-refractivity contribution in [2.24, 2.45) is 11.0 Å². The summed E-state index contributed by atoms with van der Waals surface area (Å²) < 4.78 is 0. The van der Waals surface area contributed by atoms with Crippen LogP contribution in [-0.4, -0.2) is 39.8 Å². The van der Waals surface area contributed by atoms with Crippen LogP contribution in [0.25, 0.3) is 0 Å². The van der Waals surface area contributed by atoms with E-state index < -0.39 is 7.05 Å². The average molecular weight is 451 g/mol. The number of rotatable bonds is 6. The molecule has 1 atom stereocenters. The summed E-state index contributed by atoms with van der Waals surface area (Å²) in [6.07, 6.45) is 4.85. The standard InChI is InChI=1S/C27H30BN5O/c1-18-12-23-25-24(15-29-27(23)30-18)28(34)32-31-26(25)21-13-22(14-21)33(16-19-8-4-2-5-9-19)17-20-10-6-3-7-11-20/h2-11,15,18,21-22,32,34H,12-14,16-17H2,1H3,(H,29,30)/t18?,21-,22+. The van der Waals surface area contributed by atoms with Crippen LogP contribution in [0, 0.1) is 5.92 Å². The van der Waals surface area contributed by atoms with Gasteiger partial charge in [-0.2, -0.15) is 5.10 Å². The monoisotopic (exact) mass is 451 g/mol. The van der Waals surface area contributed by atoms with E-state index in [1.807, 2.05) is 0 Å². The molecule has 3 N–H and O–H groups in total. The first-order chi connectivity index (χ1) is 16.7. The Kier molecular flexibility index (Phi) is 5.59. The minimum Gasteiger partial charge on any atom is -0.428 e. The van der Waals surface area contributed by atoms with Crippen molar-refractivity contribution in [3.8, 4) is 0 Å². The molecule has 1 unspecified atom stereocenters. The minimum absolute atomic E-state index is 0.351. The molecule has 3 heterocycles. The Bertz CT molecular complexity index is 1150. The molecule has 34 heavy (non-hydrogen) atoms. The zero-order chi connectivity index (χ0) is 23.1. The molecule has 2 aromatic carbocycles. The van der Waals surface area contributed by atoms with Crippen molar-refractivity contribution >= 4 is 24.0 Å². The van der Waals surface area contributed by atoms with Crippen LogP contribution in [0.3, 0.4) is 0 Å². The molecule has 172 valence electrons. The lowest BCUT2D eigenvalue weighted by Gasteiger charge is -2.44. The summed E-state index contributed by atoms with van der Waals surface area (Å²) in [5, 5.41) is 21.6. The first-order valence-corrected chi connectivity index (χ1v) is 12.3. The molecular weight excluding hydrogens is 421 g/mol. The van der Waals surface area contributed by atoms with Crippen LogP contribution in [0.1, 0.15) is 42.0 Å². The minimum atomic E-state index is -0.795. The van der Waals surface area contributed by atoms with Crippen molar-refractivity contribution in [3.63, 3.8) is 0 Å². The highest BCUT2D eigenvalue weighted by Gasteiger charge is 2.42. The third-order valence-electron chi connectivity index (χ3n) is 7.43. The van der Waals surface area contributed by atoms with Gasteiger partial charge in [-0.15, -0.1) is 0 Å². The number of fused-ring (bicyclic) bond motifs is 3. The van der Waals surface area contributed by atoms with E-state index in [9.17, 15) is 5.02 Å². The van der Waals surface area contributed by atoms with Crippen LogP contribution in [0.15, 0.2) is 72.0 Å². The summed E-state index contributed by atoms with van der Waals surface area (Å²) in [5.41, 5.74) is 6.96. The van der Waals surface area contributed by atoms with E-state index in [0.29, 0.717) is 18.0 Å². The van der Waals surface area contributed by atoms with E-state index in [1.54, 1.807) is 6.20 Å². The Morgan fingerprint density at radius 2 is 1.65 bits per heavy atom. The predicted octanol–water partition coefficient (Wildman–Crippen LogP) is 2.91. The van der Waals surface area contributed by atoms with E-state index in [0.717, 1.165) is 54.9 Å². The second kappa shape index (κ2) is 8.89. The van der Waals surface area contributed by atoms with Crippen LogP contribution in [0.5, 0.6) is 0 Å². The van der Waals surface area contributed by atoms with Gasteiger partial charge >= 0.3 is 7.05 Å². The van der Waals surface area contributed by atoms with Crippen molar-refractivity contribution in [2.75, 3.05) is 5.32 Å². The van der Waals surface area contributed by atoms with Gasteiger partial charge in [-0.3, -0.25) is 4.90 Å². The van der Waals surface area contributed by atoms with Crippen LogP contribution in [-0.2, 0) is 19.5 Å². The lowest BCUT2D eigenvalue weighted by Crippen LogP contribution is -2.54. The number of benzene rings is 2. The smallest absolute Gasteiger partial charge is 0.428 e. The van der Waals surface area contributed by atoms with Gasteiger partial charge in [0.25, 0.3) is 0 Å². The van der Waals surface area contributed by atoms with E-state index >= 15 is 0 Å². The molecule has 2 aliphatic heterocycles. The molecule has 6 nitrogen and oxygen atoms in total. The molecule has 1 fully saturated rings. The number of anilines is 1. The Morgan fingerprint density at radius 3 is 2.29 bits per heavy atom. The maximum absolute atomic E-state index is 10.5. The van der Waals surface area contributed by atoms with Gasteiger partial charge in [-0.25, -0.2) is 4.98 Å². The summed E-state index contributed by atoms with van der Waals surface area (Å²) in [6, 6.07) is 22.3. The highest BCUT2D eigenvalue weighted by Crippen LogP contribution is 2.38. The molecule has 1 saturated carbocycles. The van der Waals surface area contributed by atoms with Gasteiger partial charge in [0, 0.05) is 53.9 Å². The second-order valence-electron chi connectivity index (χ2n) is 9.89. The summed E-state index contributed by atoms with van der Waals surface area (Å²) in [7, 11) is -0.795. The number of aromatic nitrogens is 1. The zero-order valence-electron chi connectivity index (χ0n) is 19.5. The van der Waals surface area contributed by atoms with Gasteiger partial charge in [0.1, 0.15) is 5.82 Å². The van der Waals surface area contributed by atoms with E-state index in [4.69, 9.17) is 0 Å². The van der Waals surface area contributed by atoms with Crippen LogP contribution in [0.4, 0.5) is 5.82 Å². The number of pyridine rings is 1. The molecule has 6 rings (SSSR count). The average Bonchev–Trinajstić information content (AvgIpc) is 3.21. The molecule has 7 heteroatoms.